The van der Waals surface area contributed by atoms with E-state index >= 15 is 0 Å². The minimum atomic E-state index is -0.150. The molecule has 1 aromatic heterocycles. The lowest BCUT2D eigenvalue weighted by Gasteiger charge is -2.35. The SMILES string of the molecule is Cc1cc(NC(=O)CNc2cc(N3CCCCC3CO)ncn2)ccc1Br. The molecule has 1 unspecified atom stereocenters. The molecule has 1 aliphatic rings. The number of piperidine rings is 1. The van der Waals surface area contributed by atoms with Crippen molar-refractivity contribution in [3.8, 4) is 0 Å². The Morgan fingerprint density at radius 1 is 1.33 bits per heavy atom. The molecule has 0 spiro atoms. The Labute approximate surface area is 167 Å². The first-order valence-electron chi connectivity index (χ1n) is 9.06. The molecule has 2 aromatic rings. The number of carbonyl (C=O) groups is 1. The molecular weight excluding hydrogens is 410 g/mol. The number of amides is 1. The fraction of sp³-hybridized carbons (Fsp3) is 0.421. The topological polar surface area (TPSA) is 90.4 Å². The molecule has 3 N–H and O–H groups in total. The van der Waals surface area contributed by atoms with Crippen molar-refractivity contribution in [3.05, 3.63) is 40.6 Å². The second-order valence-electron chi connectivity index (χ2n) is 6.65. The van der Waals surface area contributed by atoms with Gasteiger partial charge in [-0.15, -0.1) is 0 Å². The second-order valence-corrected chi connectivity index (χ2v) is 7.51. The van der Waals surface area contributed by atoms with Crippen molar-refractivity contribution in [2.45, 2.75) is 32.2 Å². The maximum atomic E-state index is 12.2. The van der Waals surface area contributed by atoms with Crippen molar-refractivity contribution in [1.82, 2.24) is 9.97 Å². The maximum Gasteiger partial charge on any atom is 0.243 e. The Kier molecular flexibility index (Phi) is 6.63. The largest absolute Gasteiger partial charge is 0.394 e. The summed E-state index contributed by atoms with van der Waals surface area (Å²) in [4.78, 5) is 22.8. The van der Waals surface area contributed by atoms with E-state index in [0.717, 1.165) is 47.3 Å². The van der Waals surface area contributed by atoms with E-state index in [2.05, 4.69) is 41.4 Å². The second kappa shape index (κ2) is 9.14. The number of nitrogens with zero attached hydrogens (tertiary/aromatic N) is 3. The zero-order valence-corrected chi connectivity index (χ0v) is 16.9. The first-order chi connectivity index (χ1) is 13.1. The summed E-state index contributed by atoms with van der Waals surface area (Å²) in [6.45, 7) is 3.06. The highest BCUT2D eigenvalue weighted by molar-refractivity contribution is 9.10. The van der Waals surface area contributed by atoms with Crippen LogP contribution < -0.4 is 15.5 Å². The highest BCUT2D eigenvalue weighted by Crippen LogP contribution is 2.24. The molecule has 144 valence electrons. The van der Waals surface area contributed by atoms with Crippen molar-refractivity contribution in [2.24, 2.45) is 0 Å². The van der Waals surface area contributed by atoms with E-state index in [-0.39, 0.29) is 25.1 Å². The molecule has 1 fully saturated rings. The van der Waals surface area contributed by atoms with Crippen LogP contribution in [0.5, 0.6) is 0 Å². The van der Waals surface area contributed by atoms with E-state index in [0.29, 0.717) is 5.82 Å². The minimum absolute atomic E-state index is 0.0884. The molecule has 2 heterocycles. The van der Waals surface area contributed by atoms with Crippen molar-refractivity contribution < 1.29 is 9.90 Å². The van der Waals surface area contributed by atoms with Gasteiger partial charge in [-0.1, -0.05) is 15.9 Å². The molecule has 7 nitrogen and oxygen atoms in total. The van der Waals surface area contributed by atoms with Crippen LogP contribution in [0, 0.1) is 6.92 Å². The summed E-state index contributed by atoms with van der Waals surface area (Å²) in [7, 11) is 0. The lowest BCUT2D eigenvalue weighted by Crippen LogP contribution is -2.42. The number of aliphatic hydroxyl groups excluding tert-OH is 1. The molecule has 1 aliphatic heterocycles. The van der Waals surface area contributed by atoms with Gasteiger partial charge in [0.25, 0.3) is 0 Å². The van der Waals surface area contributed by atoms with E-state index in [9.17, 15) is 9.90 Å². The minimum Gasteiger partial charge on any atom is -0.394 e. The number of anilines is 3. The molecule has 27 heavy (non-hydrogen) atoms. The standard InChI is InChI=1S/C19H24BrN5O2/c1-13-8-14(5-6-16(13)20)24-19(27)10-21-17-9-18(23-12-22-17)25-7-3-2-4-15(25)11-26/h5-6,8-9,12,15,26H,2-4,7,10-11H2,1H3,(H,24,27)(H,21,22,23). The molecule has 1 aromatic carbocycles. The highest BCUT2D eigenvalue weighted by Gasteiger charge is 2.23. The Hall–Kier alpha value is -2.19. The first-order valence-corrected chi connectivity index (χ1v) is 9.85. The average molecular weight is 434 g/mol. The fourth-order valence-corrected chi connectivity index (χ4v) is 3.44. The summed E-state index contributed by atoms with van der Waals surface area (Å²) in [5, 5.41) is 15.5. The van der Waals surface area contributed by atoms with E-state index in [4.69, 9.17) is 0 Å². The van der Waals surface area contributed by atoms with Crippen LogP contribution in [0.4, 0.5) is 17.3 Å². The van der Waals surface area contributed by atoms with Crippen LogP contribution in [0.15, 0.2) is 35.1 Å². The quantitative estimate of drug-likeness (QED) is 0.648. The fourth-order valence-electron chi connectivity index (χ4n) is 3.19. The maximum absolute atomic E-state index is 12.2. The molecule has 0 saturated carbocycles. The van der Waals surface area contributed by atoms with Crippen LogP contribution in [0.1, 0.15) is 24.8 Å². The molecule has 1 amide bonds. The van der Waals surface area contributed by atoms with E-state index in [1.165, 1.54) is 6.33 Å². The summed E-state index contributed by atoms with van der Waals surface area (Å²) < 4.78 is 1.01. The molecule has 0 radical (unpaired) electrons. The number of aliphatic hydroxyl groups is 1. The van der Waals surface area contributed by atoms with Gasteiger partial charge in [0.1, 0.15) is 18.0 Å². The molecule has 8 heteroatoms. The van der Waals surface area contributed by atoms with Gasteiger partial charge in [-0.25, -0.2) is 9.97 Å². The number of hydrogen-bond acceptors (Lipinski definition) is 6. The van der Waals surface area contributed by atoms with Gasteiger partial charge in [0.05, 0.1) is 19.2 Å². The molecule has 0 bridgehead atoms. The summed E-state index contributed by atoms with van der Waals surface area (Å²) in [6, 6.07) is 7.58. The summed E-state index contributed by atoms with van der Waals surface area (Å²) in [6.07, 6.45) is 4.64. The van der Waals surface area contributed by atoms with Crippen LogP contribution in [-0.4, -0.2) is 46.7 Å². The first kappa shape index (κ1) is 19.6. The Bertz CT molecular complexity index is 801. The van der Waals surface area contributed by atoms with Crippen LogP contribution in [-0.2, 0) is 4.79 Å². The monoisotopic (exact) mass is 433 g/mol. The Morgan fingerprint density at radius 3 is 2.96 bits per heavy atom. The predicted molar refractivity (Wildman–Crippen MR) is 110 cm³/mol. The van der Waals surface area contributed by atoms with Crippen LogP contribution in [0.2, 0.25) is 0 Å². The van der Waals surface area contributed by atoms with Crippen molar-refractivity contribution in [2.75, 3.05) is 35.2 Å². The Morgan fingerprint density at radius 2 is 2.19 bits per heavy atom. The van der Waals surface area contributed by atoms with Gasteiger partial charge in [-0.05, 0) is 49.9 Å². The summed E-state index contributed by atoms with van der Waals surface area (Å²) in [5.74, 6) is 1.21. The zero-order valence-electron chi connectivity index (χ0n) is 15.3. The predicted octanol–water partition coefficient (Wildman–Crippen LogP) is 2.95. The molecule has 1 saturated heterocycles. The zero-order chi connectivity index (χ0) is 19.2. The van der Waals surface area contributed by atoms with Gasteiger partial charge in [0.15, 0.2) is 0 Å². The normalized spacial score (nSPS) is 16.9. The summed E-state index contributed by atoms with van der Waals surface area (Å²) in [5.41, 5.74) is 1.81. The number of benzene rings is 1. The average Bonchev–Trinajstić information content (AvgIpc) is 2.69. The van der Waals surface area contributed by atoms with E-state index in [1.54, 1.807) is 0 Å². The Balaban J connectivity index is 1.59. The van der Waals surface area contributed by atoms with Crippen molar-refractivity contribution in [1.29, 1.82) is 0 Å². The van der Waals surface area contributed by atoms with Crippen LogP contribution in [0.3, 0.4) is 0 Å². The molecule has 0 aliphatic carbocycles. The third kappa shape index (κ3) is 5.17. The van der Waals surface area contributed by atoms with Crippen molar-refractivity contribution >= 4 is 39.2 Å². The van der Waals surface area contributed by atoms with E-state index in [1.807, 2.05) is 31.2 Å². The number of nitrogens with one attached hydrogen (secondary N) is 2. The van der Waals surface area contributed by atoms with Gasteiger partial charge in [0, 0.05) is 22.8 Å². The lowest BCUT2D eigenvalue weighted by atomic mass is 10.0. The van der Waals surface area contributed by atoms with Crippen LogP contribution >= 0.6 is 15.9 Å². The van der Waals surface area contributed by atoms with Gasteiger partial charge >= 0.3 is 0 Å². The van der Waals surface area contributed by atoms with Gasteiger partial charge in [-0.3, -0.25) is 4.79 Å². The lowest BCUT2D eigenvalue weighted by molar-refractivity contribution is -0.114. The van der Waals surface area contributed by atoms with Gasteiger partial charge < -0.3 is 20.6 Å². The summed E-state index contributed by atoms with van der Waals surface area (Å²) >= 11 is 3.45. The van der Waals surface area contributed by atoms with Crippen molar-refractivity contribution in [3.63, 3.8) is 0 Å². The number of rotatable bonds is 6. The number of aryl methyl sites for hydroxylation is 1. The van der Waals surface area contributed by atoms with Crippen LogP contribution in [0.25, 0.3) is 0 Å². The highest BCUT2D eigenvalue weighted by atomic mass is 79.9. The number of hydrogen-bond donors (Lipinski definition) is 3. The van der Waals surface area contributed by atoms with Gasteiger partial charge in [0.2, 0.25) is 5.91 Å². The smallest absolute Gasteiger partial charge is 0.243 e. The van der Waals surface area contributed by atoms with Gasteiger partial charge in [-0.2, -0.15) is 0 Å². The number of halogens is 1. The molecule has 1 atom stereocenters. The number of carbonyl (C=O) groups excluding carboxylic acids is 1. The molecular formula is C19H24BrN5O2. The molecule has 3 rings (SSSR count). The van der Waals surface area contributed by atoms with E-state index < -0.39 is 0 Å². The number of aromatic nitrogens is 2. The third-order valence-corrected chi connectivity index (χ3v) is 5.55. The third-order valence-electron chi connectivity index (χ3n) is 4.66.